The van der Waals surface area contributed by atoms with E-state index in [9.17, 15) is 9.59 Å². The van der Waals surface area contributed by atoms with E-state index < -0.39 is 16.3 Å². The second-order valence-electron chi connectivity index (χ2n) is 1.60. The van der Waals surface area contributed by atoms with Crippen molar-refractivity contribution in [3.63, 3.8) is 0 Å². The van der Waals surface area contributed by atoms with E-state index >= 15 is 0 Å². The molecule has 4 nitrogen and oxygen atoms in total. The number of hydrogen-bond donors (Lipinski definition) is 1. The van der Waals surface area contributed by atoms with Crippen LogP contribution in [0.25, 0.3) is 0 Å². The molecule has 0 amide bonds. The molecule has 0 radical (unpaired) electrons. The van der Waals surface area contributed by atoms with E-state index in [0.717, 1.165) is 0 Å². The number of halogens is 2. The van der Waals surface area contributed by atoms with Gasteiger partial charge in [0, 0.05) is 0 Å². The monoisotopic (exact) mass is 200 g/mol. The third-order valence-electron chi connectivity index (χ3n) is 0.800. The van der Waals surface area contributed by atoms with Gasteiger partial charge in [-0.25, -0.2) is 9.59 Å². The molecule has 6 heteroatoms. The van der Waals surface area contributed by atoms with E-state index in [1.54, 1.807) is 0 Å². The highest BCUT2D eigenvalue weighted by molar-refractivity contribution is 6.66. The van der Waals surface area contributed by atoms with Crippen molar-refractivity contribution in [2.24, 2.45) is 0 Å². The van der Waals surface area contributed by atoms with Crippen molar-refractivity contribution in [3.05, 3.63) is 0 Å². The van der Waals surface area contributed by atoms with E-state index in [-0.39, 0.29) is 6.61 Å². The molecule has 0 aliphatic rings. The molecule has 0 bridgehead atoms. The molecule has 0 aliphatic carbocycles. The number of carbonyl (C=O) groups excluding carboxylic acids is 1. The van der Waals surface area contributed by atoms with Gasteiger partial charge in [-0.1, -0.05) is 23.2 Å². The number of aliphatic carboxylic acids is 1. The van der Waals surface area contributed by atoms with Crippen molar-refractivity contribution in [3.8, 4) is 0 Å². The maximum Gasteiger partial charge on any atom is 0.354 e. The van der Waals surface area contributed by atoms with E-state index in [0.29, 0.717) is 0 Å². The predicted octanol–water partition coefficient (Wildman–Crippen LogP) is 0.808. The molecule has 11 heavy (non-hydrogen) atoms. The summed E-state index contributed by atoms with van der Waals surface area (Å²) in [5.74, 6) is -2.81. The SMILES string of the molecule is CCOC(=O)C(Cl)(Cl)C(=O)O. The van der Waals surface area contributed by atoms with Crippen LogP contribution in [0.3, 0.4) is 0 Å². The minimum Gasteiger partial charge on any atom is -0.479 e. The number of esters is 1. The van der Waals surface area contributed by atoms with Crippen LogP contribution in [0.2, 0.25) is 0 Å². The van der Waals surface area contributed by atoms with Gasteiger partial charge in [-0.3, -0.25) is 0 Å². The molecule has 0 spiro atoms. The van der Waals surface area contributed by atoms with Gasteiger partial charge in [0.15, 0.2) is 0 Å². The van der Waals surface area contributed by atoms with Crippen LogP contribution in [-0.2, 0) is 14.3 Å². The molecule has 0 saturated heterocycles. The van der Waals surface area contributed by atoms with Gasteiger partial charge >= 0.3 is 16.3 Å². The number of carbonyl (C=O) groups is 2. The quantitative estimate of drug-likeness (QED) is 0.416. The molecule has 0 aromatic rings. The predicted molar refractivity (Wildman–Crippen MR) is 38.7 cm³/mol. The standard InChI is InChI=1S/C5H6Cl2O4/c1-2-11-4(10)5(6,7)3(8)9/h2H2,1H3,(H,8,9). The summed E-state index contributed by atoms with van der Waals surface area (Å²) in [6, 6.07) is 0. The molecule has 0 unspecified atom stereocenters. The average molecular weight is 201 g/mol. The molecule has 0 aliphatic heterocycles. The van der Waals surface area contributed by atoms with Crippen molar-refractivity contribution in [2.75, 3.05) is 6.61 Å². The minimum absolute atomic E-state index is 0.0350. The lowest BCUT2D eigenvalue weighted by atomic mass is 10.4. The second-order valence-corrected chi connectivity index (χ2v) is 2.93. The molecule has 0 atom stereocenters. The Bertz CT molecular complexity index is 177. The van der Waals surface area contributed by atoms with E-state index in [4.69, 9.17) is 28.3 Å². The molecular weight excluding hydrogens is 195 g/mol. The van der Waals surface area contributed by atoms with Crippen LogP contribution in [0, 0.1) is 0 Å². The number of carboxylic acids is 1. The highest BCUT2D eigenvalue weighted by Crippen LogP contribution is 2.22. The Morgan fingerprint density at radius 1 is 1.55 bits per heavy atom. The zero-order valence-corrected chi connectivity index (χ0v) is 7.15. The first kappa shape index (κ1) is 10.5. The summed E-state index contributed by atoms with van der Waals surface area (Å²) < 4.78 is 1.79. The Morgan fingerprint density at radius 3 is 2.27 bits per heavy atom. The summed E-state index contributed by atoms with van der Waals surface area (Å²) in [5.41, 5.74) is 0. The van der Waals surface area contributed by atoms with Crippen LogP contribution in [0.4, 0.5) is 0 Å². The van der Waals surface area contributed by atoms with Gasteiger partial charge in [0.1, 0.15) is 0 Å². The lowest BCUT2D eigenvalue weighted by molar-refractivity contribution is -0.152. The third kappa shape index (κ3) is 2.55. The first-order valence-electron chi connectivity index (χ1n) is 2.71. The van der Waals surface area contributed by atoms with Gasteiger partial charge in [0.25, 0.3) is 0 Å². The Kier molecular flexibility index (Phi) is 3.62. The lowest BCUT2D eigenvalue weighted by Gasteiger charge is -2.11. The summed E-state index contributed by atoms with van der Waals surface area (Å²) in [4.78, 5) is 20.8. The Labute approximate surface area is 73.0 Å². The highest BCUT2D eigenvalue weighted by atomic mass is 35.5. The number of rotatable bonds is 3. The summed E-state index contributed by atoms with van der Waals surface area (Å²) >= 11 is 10.2. The Hall–Kier alpha value is -0.480. The largest absolute Gasteiger partial charge is 0.479 e. The summed E-state index contributed by atoms with van der Waals surface area (Å²) in [5, 5.41) is 8.27. The van der Waals surface area contributed by atoms with Gasteiger partial charge in [0.2, 0.25) is 0 Å². The minimum atomic E-state index is -2.49. The molecule has 0 fully saturated rings. The maximum absolute atomic E-state index is 10.6. The molecule has 64 valence electrons. The Balaban J connectivity index is 4.30. The van der Waals surface area contributed by atoms with E-state index in [1.807, 2.05) is 0 Å². The number of ether oxygens (including phenoxy) is 1. The van der Waals surface area contributed by atoms with E-state index in [1.165, 1.54) is 6.92 Å². The summed E-state index contributed by atoms with van der Waals surface area (Å²) in [6.07, 6.45) is 0. The van der Waals surface area contributed by atoms with E-state index in [2.05, 4.69) is 4.74 Å². The van der Waals surface area contributed by atoms with Crippen LogP contribution in [0.1, 0.15) is 6.92 Å². The third-order valence-corrected chi connectivity index (χ3v) is 1.43. The average Bonchev–Trinajstić information content (AvgIpc) is 1.88. The lowest BCUT2D eigenvalue weighted by Crippen LogP contribution is -2.36. The fourth-order valence-corrected chi connectivity index (χ4v) is 0.418. The first-order valence-corrected chi connectivity index (χ1v) is 3.47. The van der Waals surface area contributed by atoms with Crippen molar-refractivity contribution >= 4 is 35.1 Å². The van der Waals surface area contributed by atoms with Crippen molar-refractivity contribution < 1.29 is 19.4 Å². The zero-order chi connectivity index (χ0) is 9.07. The van der Waals surface area contributed by atoms with Crippen LogP contribution in [0.5, 0.6) is 0 Å². The second kappa shape index (κ2) is 3.78. The van der Waals surface area contributed by atoms with Crippen LogP contribution < -0.4 is 0 Å². The topological polar surface area (TPSA) is 63.6 Å². The van der Waals surface area contributed by atoms with Gasteiger partial charge in [-0.2, -0.15) is 0 Å². The smallest absolute Gasteiger partial charge is 0.354 e. The van der Waals surface area contributed by atoms with Gasteiger partial charge in [-0.05, 0) is 6.92 Å². The Morgan fingerprint density at radius 2 is 2.00 bits per heavy atom. The normalized spacial score (nSPS) is 10.8. The first-order chi connectivity index (χ1) is 4.92. The van der Waals surface area contributed by atoms with Gasteiger partial charge in [-0.15, -0.1) is 0 Å². The molecule has 0 rings (SSSR count). The fraction of sp³-hybridized carbons (Fsp3) is 0.600. The number of hydrogen-bond acceptors (Lipinski definition) is 3. The molecule has 0 saturated carbocycles. The van der Waals surface area contributed by atoms with Crippen molar-refractivity contribution in [1.82, 2.24) is 0 Å². The van der Waals surface area contributed by atoms with Crippen LogP contribution >= 0.6 is 23.2 Å². The summed E-state index contributed by atoms with van der Waals surface area (Å²) in [7, 11) is 0. The van der Waals surface area contributed by atoms with Crippen molar-refractivity contribution in [2.45, 2.75) is 11.3 Å². The molecular formula is C5H6Cl2O4. The fourth-order valence-electron chi connectivity index (χ4n) is 0.309. The highest BCUT2D eigenvalue weighted by Gasteiger charge is 2.44. The molecule has 0 aromatic carbocycles. The molecule has 1 N–H and O–H groups in total. The van der Waals surface area contributed by atoms with Gasteiger partial charge in [0.05, 0.1) is 6.61 Å². The summed E-state index contributed by atoms with van der Waals surface area (Å²) in [6.45, 7) is 1.55. The molecule has 0 aromatic heterocycles. The number of carboxylic acid groups (broad SMARTS) is 1. The van der Waals surface area contributed by atoms with Gasteiger partial charge < -0.3 is 9.84 Å². The van der Waals surface area contributed by atoms with Crippen molar-refractivity contribution in [1.29, 1.82) is 0 Å². The molecule has 0 heterocycles. The maximum atomic E-state index is 10.6. The zero-order valence-electron chi connectivity index (χ0n) is 5.63. The number of alkyl halides is 2. The van der Waals surface area contributed by atoms with Crippen LogP contribution in [-0.4, -0.2) is 28.0 Å². The van der Waals surface area contributed by atoms with Crippen LogP contribution in [0.15, 0.2) is 0 Å².